The summed E-state index contributed by atoms with van der Waals surface area (Å²) in [4.78, 5) is 26.8. The van der Waals surface area contributed by atoms with Gasteiger partial charge in [0.05, 0.1) is 43.8 Å². The minimum Gasteiger partial charge on any atom is -0.453 e. The van der Waals surface area contributed by atoms with Gasteiger partial charge in [0.15, 0.2) is 0 Å². The Morgan fingerprint density at radius 1 is 1.41 bits per heavy atom. The monoisotopic (exact) mass is 404 g/mol. The van der Waals surface area contributed by atoms with Gasteiger partial charge in [0.25, 0.3) is 0 Å². The van der Waals surface area contributed by atoms with Crippen molar-refractivity contribution in [3.8, 4) is 0 Å². The first-order chi connectivity index (χ1) is 14.0. The third-order valence-corrected chi connectivity index (χ3v) is 5.02. The molecule has 0 spiro atoms. The van der Waals surface area contributed by atoms with E-state index in [-0.39, 0.29) is 6.04 Å². The van der Waals surface area contributed by atoms with Gasteiger partial charge in [-0.3, -0.25) is 4.90 Å². The Morgan fingerprint density at radius 2 is 2.28 bits per heavy atom. The molecule has 11 heteroatoms. The maximum atomic E-state index is 14.8. The molecule has 2 amide bonds. The Morgan fingerprint density at radius 3 is 3.00 bits per heavy atom. The summed E-state index contributed by atoms with van der Waals surface area (Å²) in [5, 5.41) is 10.3. The van der Waals surface area contributed by atoms with Gasteiger partial charge in [-0.2, -0.15) is 0 Å². The number of alkyl carbamates (subject to hydrolysis) is 1. The average Bonchev–Trinajstić information content (AvgIpc) is 3.44. The van der Waals surface area contributed by atoms with Crippen molar-refractivity contribution in [1.29, 1.82) is 0 Å². The number of ether oxygens (including phenoxy) is 2. The predicted octanol–water partition coefficient (Wildman–Crippen LogP) is 1.38. The number of benzene rings is 1. The molecule has 10 nitrogen and oxygen atoms in total. The summed E-state index contributed by atoms with van der Waals surface area (Å²) >= 11 is 0. The number of nitrogens with zero attached hydrogens (tertiary/aromatic N) is 5. The zero-order chi connectivity index (χ0) is 20.4. The van der Waals surface area contributed by atoms with Crippen LogP contribution in [0.25, 0.3) is 0 Å². The largest absolute Gasteiger partial charge is 0.453 e. The average molecular weight is 404 g/mol. The fourth-order valence-corrected chi connectivity index (χ4v) is 3.61. The van der Waals surface area contributed by atoms with E-state index in [1.807, 2.05) is 4.90 Å². The molecule has 2 aliphatic heterocycles. The second-order valence-electron chi connectivity index (χ2n) is 6.94. The summed E-state index contributed by atoms with van der Waals surface area (Å²) in [5.74, 6) is -0.436. The van der Waals surface area contributed by atoms with E-state index in [9.17, 15) is 14.0 Å². The Kier molecular flexibility index (Phi) is 5.19. The number of halogens is 1. The van der Waals surface area contributed by atoms with E-state index in [1.54, 1.807) is 29.2 Å². The molecule has 2 fully saturated rings. The standard InChI is InChI=1S/C18H21FN6O4/c1-28-17(26)21-12-4-6-23(9-12)16-3-2-13(8-15(16)19)25-11-14(29-18(25)27)10-24-7-5-20-22-24/h2-3,5,7-8,12,14H,4,6,9-11H2,1H3,(H,21,26)/t12-,14+/m1/s1. The van der Waals surface area contributed by atoms with Crippen LogP contribution in [-0.4, -0.2) is 66.1 Å². The van der Waals surface area contributed by atoms with Crippen LogP contribution in [0.15, 0.2) is 30.6 Å². The normalized spacial score (nSPS) is 21.4. The molecule has 1 aromatic carbocycles. The van der Waals surface area contributed by atoms with Crippen molar-refractivity contribution in [1.82, 2.24) is 20.3 Å². The number of hydrogen-bond donors (Lipinski definition) is 1. The van der Waals surface area contributed by atoms with Gasteiger partial charge in [-0.1, -0.05) is 5.21 Å². The van der Waals surface area contributed by atoms with Crippen LogP contribution in [0.4, 0.5) is 25.4 Å². The van der Waals surface area contributed by atoms with Crippen LogP contribution in [0, 0.1) is 5.82 Å². The second-order valence-corrected chi connectivity index (χ2v) is 6.94. The first-order valence-corrected chi connectivity index (χ1v) is 9.24. The van der Waals surface area contributed by atoms with Crippen LogP contribution >= 0.6 is 0 Å². The van der Waals surface area contributed by atoms with Crippen molar-refractivity contribution in [2.24, 2.45) is 0 Å². The molecule has 154 valence electrons. The Balaban J connectivity index is 1.41. The zero-order valence-electron chi connectivity index (χ0n) is 15.8. The quantitative estimate of drug-likeness (QED) is 0.803. The number of methoxy groups -OCH3 is 1. The molecule has 2 aliphatic rings. The number of hydrogen-bond acceptors (Lipinski definition) is 7. The molecule has 1 N–H and O–H groups in total. The van der Waals surface area contributed by atoms with Gasteiger partial charge in [-0.25, -0.2) is 18.7 Å². The highest BCUT2D eigenvalue weighted by molar-refractivity contribution is 5.90. The van der Waals surface area contributed by atoms with E-state index in [0.717, 1.165) is 0 Å². The van der Waals surface area contributed by atoms with Crippen LogP contribution < -0.4 is 15.1 Å². The molecule has 0 radical (unpaired) electrons. The Bertz CT molecular complexity index is 892. The van der Waals surface area contributed by atoms with Crippen molar-refractivity contribution >= 4 is 23.6 Å². The van der Waals surface area contributed by atoms with E-state index in [0.29, 0.717) is 44.0 Å². The van der Waals surface area contributed by atoms with Crippen molar-refractivity contribution in [3.05, 3.63) is 36.4 Å². The highest BCUT2D eigenvalue weighted by atomic mass is 19.1. The van der Waals surface area contributed by atoms with Crippen LogP contribution in [0.3, 0.4) is 0 Å². The third kappa shape index (κ3) is 4.08. The lowest BCUT2D eigenvalue weighted by Crippen LogP contribution is -2.37. The van der Waals surface area contributed by atoms with E-state index in [4.69, 9.17) is 4.74 Å². The molecule has 3 heterocycles. The van der Waals surface area contributed by atoms with Gasteiger partial charge in [0, 0.05) is 19.3 Å². The molecule has 29 heavy (non-hydrogen) atoms. The van der Waals surface area contributed by atoms with Gasteiger partial charge in [0.1, 0.15) is 11.9 Å². The summed E-state index contributed by atoms with van der Waals surface area (Å²) in [6.45, 7) is 1.77. The van der Waals surface area contributed by atoms with Crippen LogP contribution in [0.5, 0.6) is 0 Å². The van der Waals surface area contributed by atoms with Crippen molar-refractivity contribution in [3.63, 3.8) is 0 Å². The number of carbonyl (C=O) groups is 2. The lowest BCUT2D eigenvalue weighted by Gasteiger charge is -2.21. The number of cyclic esters (lactones) is 1. The lowest BCUT2D eigenvalue weighted by atomic mass is 10.2. The number of aromatic nitrogens is 3. The molecule has 0 unspecified atom stereocenters. The summed E-state index contributed by atoms with van der Waals surface area (Å²) < 4.78 is 26.3. The van der Waals surface area contributed by atoms with Gasteiger partial charge < -0.3 is 19.7 Å². The minimum atomic E-state index is -0.522. The van der Waals surface area contributed by atoms with E-state index in [1.165, 1.54) is 18.1 Å². The summed E-state index contributed by atoms with van der Waals surface area (Å²) in [7, 11) is 1.31. The maximum Gasteiger partial charge on any atom is 0.414 e. The highest BCUT2D eigenvalue weighted by Gasteiger charge is 2.33. The SMILES string of the molecule is COC(=O)N[C@@H]1CCN(c2ccc(N3C[C@H](Cn4ccnn4)OC3=O)cc2F)C1. The van der Waals surface area contributed by atoms with Crippen LogP contribution in [0.1, 0.15) is 6.42 Å². The van der Waals surface area contributed by atoms with E-state index >= 15 is 0 Å². The molecular weight excluding hydrogens is 383 g/mol. The topological polar surface area (TPSA) is 102 Å². The molecule has 0 aliphatic carbocycles. The molecule has 0 bridgehead atoms. The van der Waals surface area contributed by atoms with Gasteiger partial charge in [-0.05, 0) is 24.6 Å². The summed E-state index contributed by atoms with van der Waals surface area (Å²) in [6, 6.07) is 4.56. The van der Waals surface area contributed by atoms with Crippen LogP contribution in [0.2, 0.25) is 0 Å². The first kappa shape index (κ1) is 19.0. The third-order valence-electron chi connectivity index (χ3n) is 5.02. The lowest BCUT2D eigenvalue weighted by molar-refractivity contribution is 0.129. The Hall–Kier alpha value is -3.37. The maximum absolute atomic E-state index is 14.8. The second kappa shape index (κ2) is 7.94. The molecule has 2 aromatic rings. The summed E-state index contributed by atoms with van der Waals surface area (Å²) in [5.41, 5.74) is 0.857. The number of amides is 2. The van der Waals surface area contributed by atoms with E-state index in [2.05, 4.69) is 20.4 Å². The fourth-order valence-electron chi connectivity index (χ4n) is 3.61. The van der Waals surface area contributed by atoms with Crippen molar-refractivity contribution < 1.29 is 23.5 Å². The summed E-state index contributed by atoms with van der Waals surface area (Å²) in [6.07, 6.45) is 2.51. The molecular formula is C18H21FN6O4. The first-order valence-electron chi connectivity index (χ1n) is 9.24. The zero-order valence-corrected chi connectivity index (χ0v) is 15.8. The molecule has 0 saturated carbocycles. The predicted molar refractivity (Wildman–Crippen MR) is 100 cm³/mol. The number of nitrogens with one attached hydrogen (secondary N) is 1. The van der Waals surface area contributed by atoms with Crippen LogP contribution in [-0.2, 0) is 16.0 Å². The fraction of sp³-hybridized carbons (Fsp3) is 0.444. The minimum absolute atomic E-state index is 0.104. The molecule has 4 rings (SSSR count). The number of anilines is 2. The van der Waals surface area contributed by atoms with Gasteiger partial charge in [-0.15, -0.1) is 5.10 Å². The van der Waals surface area contributed by atoms with Gasteiger partial charge >= 0.3 is 12.2 Å². The molecule has 2 saturated heterocycles. The molecule has 2 atom stereocenters. The highest BCUT2D eigenvalue weighted by Crippen LogP contribution is 2.30. The molecule has 1 aromatic heterocycles. The number of carbonyl (C=O) groups excluding carboxylic acids is 2. The number of rotatable bonds is 5. The van der Waals surface area contributed by atoms with E-state index < -0.39 is 24.1 Å². The van der Waals surface area contributed by atoms with Gasteiger partial charge in [0.2, 0.25) is 0 Å². The van der Waals surface area contributed by atoms with Crippen molar-refractivity contribution in [2.75, 3.05) is 36.5 Å². The van der Waals surface area contributed by atoms with Crippen molar-refractivity contribution in [2.45, 2.75) is 25.1 Å². The smallest absolute Gasteiger partial charge is 0.414 e. The Labute approximate surface area is 166 Å².